The number of rotatable bonds is 6. The fourth-order valence-electron chi connectivity index (χ4n) is 4.42. The van der Waals surface area contributed by atoms with Crippen molar-refractivity contribution in [1.82, 2.24) is 4.90 Å². The molecule has 0 aliphatic heterocycles. The Kier molecular flexibility index (Phi) is 6.01. The summed E-state index contributed by atoms with van der Waals surface area (Å²) < 4.78 is 78.6. The first-order valence-corrected chi connectivity index (χ1v) is 9.69. The zero-order valence-corrected chi connectivity index (χ0v) is 15.4. The highest BCUT2D eigenvalue weighted by molar-refractivity contribution is 5.15. The Morgan fingerprint density at radius 3 is 1.68 bits per heavy atom. The smallest absolute Gasteiger partial charge is 0.373 e. The molecule has 1 aromatic rings. The van der Waals surface area contributed by atoms with Crippen LogP contribution in [0.2, 0.25) is 0 Å². The molecule has 0 amide bonds. The third-order valence-electron chi connectivity index (χ3n) is 6.14. The number of aliphatic hydroxyl groups is 1. The highest BCUT2D eigenvalue weighted by Crippen LogP contribution is 2.52. The molecule has 2 nitrogen and oxygen atoms in total. The summed E-state index contributed by atoms with van der Waals surface area (Å²) >= 11 is 0. The van der Waals surface area contributed by atoms with Gasteiger partial charge in [0.15, 0.2) is 0 Å². The van der Waals surface area contributed by atoms with Crippen molar-refractivity contribution in [1.29, 1.82) is 0 Å². The number of nitrogens with zero attached hydrogens (tertiary/aromatic N) is 1. The molecule has 0 bridgehead atoms. The van der Waals surface area contributed by atoms with Gasteiger partial charge in [0, 0.05) is 24.5 Å². The van der Waals surface area contributed by atoms with Gasteiger partial charge in [-0.1, -0.05) is 30.3 Å². The quantitative estimate of drug-likeness (QED) is 0.661. The molecular formula is C20H25F6NO. The number of halogens is 6. The van der Waals surface area contributed by atoms with Gasteiger partial charge in [0.2, 0.25) is 0 Å². The lowest BCUT2D eigenvalue weighted by atomic mass is 9.74. The molecule has 2 fully saturated rings. The van der Waals surface area contributed by atoms with Gasteiger partial charge in [-0.25, -0.2) is 0 Å². The Hall–Kier alpha value is -1.28. The third-order valence-corrected chi connectivity index (χ3v) is 6.14. The molecule has 0 atom stereocenters. The summed E-state index contributed by atoms with van der Waals surface area (Å²) in [5.74, 6) is -1.85. The summed E-state index contributed by atoms with van der Waals surface area (Å²) in [6, 6.07) is 10.2. The highest BCUT2D eigenvalue weighted by Gasteiger charge is 2.73. The topological polar surface area (TPSA) is 23.5 Å². The Labute approximate surface area is 160 Å². The molecular weight excluding hydrogens is 384 g/mol. The SMILES string of the molecule is OC(C1CCC(N(CCc2ccccc2)C2CC2)CC1)(C(F)(F)F)C(F)(F)F. The molecule has 0 aromatic heterocycles. The Morgan fingerprint density at radius 2 is 1.25 bits per heavy atom. The van der Waals surface area contributed by atoms with Crippen molar-refractivity contribution < 1.29 is 31.4 Å². The van der Waals surface area contributed by atoms with Crippen LogP contribution in [0.4, 0.5) is 26.3 Å². The van der Waals surface area contributed by atoms with Gasteiger partial charge in [-0.15, -0.1) is 0 Å². The van der Waals surface area contributed by atoms with Crippen molar-refractivity contribution in [2.45, 2.75) is 75.0 Å². The molecule has 0 radical (unpaired) electrons. The summed E-state index contributed by atoms with van der Waals surface area (Å²) in [5, 5.41) is 9.64. The minimum absolute atomic E-state index is 0.0295. The first-order valence-electron chi connectivity index (χ1n) is 9.69. The predicted molar refractivity (Wildman–Crippen MR) is 92.7 cm³/mol. The first-order chi connectivity index (χ1) is 13.0. The van der Waals surface area contributed by atoms with Crippen molar-refractivity contribution in [2.24, 2.45) is 5.92 Å². The van der Waals surface area contributed by atoms with E-state index in [2.05, 4.69) is 4.90 Å². The van der Waals surface area contributed by atoms with E-state index >= 15 is 0 Å². The van der Waals surface area contributed by atoms with Crippen LogP contribution in [0.3, 0.4) is 0 Å². The van der Waals surface area contributed by atoms with Crippen LogP contribution in [-0.2, 0) is 6.42 Å². The Morgan fingerprint density at radius 1 is 0.786 bits per heavy atom. The van der Waals surface area contributed by atoms with E-state index in [1.54, 1.807) is 0 Å². The van der Waals surface area contributed by atoms with Crippen molar-refractivity contribution >= 4 is 0 Å². The van der Waals surface area contributed by atoms with Gasteiger partial charge in [-0.2, -0.15) is 26.3 Å². The summed E-state index contributed by atoms with van der Waals surface area (Å²) in [6.45, 7) is 0.743. The molecule has 0 spiro atoms. The fraction of sp³-hybridized carbons (Fsp3) is 0.700. The lowest BCUT2D eigenvalue weighted by Crippen LogP contribution is -2.62. The molecule has 2 saturated carbocycles. The van der Waals surface area contributed by atoms with Gasteiger partial charge < -0.3 is 5.11 Å². The van der Waals surface area contributed by atoms with Crippen LogP contribution in [0.15, 0.2) is 30.3 Å². The number of hydrogen-bond acceptors (Lipinski definition) is 2. The van der Waals surface area contributed by atoms with Crippen LogP contribution in [0.1, 0.15) is 44.1 Å². The van der Waals surface area contributed by atoms with E-state index in [-0.39, 0.29) is 31.7 Å². The van der Waals surface area contributed by atoms with E-state index in [1.807, 2.05) is 30.3 Å². The van der Waals surface area contributed by atoms with Crippen molar-refractivity contribution in [3.8, 4) is 0 Å². The lowest BCUT2D eigenvalue weighted by molar-refractivity contribution is -0.387. The van der Waals surface area contributed by atoms with E-state index < -0.39 is 23.9 Å². The molecule has 28 heavy (non-hydrogen) atoms. The van der Waals surface area contributed by atoms with Crippen LogP contribution in [0, 0.1) is 5.92 Å². The minimum atomic E-state index is -5.73. The minimum Gasteiger partial charge on any atom is -0.373 e. The second kappa shape index (κ2) is 7.86. The number of hydrogen-bond donors (Lipinski definition) is 1. The second-order valence-corrected chi connectivity index (χ2v) is 7.97. The number of alkyl halides is 6. The maximum Gasteiger partial charge on any atom is 0.426 e. The van der Waals surface area contributed by atoms with Crippen LogP contribution >= 0.6 is 0 Å². The maximum absolute atomic E-state index is 13.1. The zero-order valence-electron chi connectivity index (χ0n) is 15.4. The zero-order chi connectivity index (χ0) is 20.6. The largest absolute Gasteiger partial charge is 0.426 e. The molecule has 3 rings (SSSR count). The molecule has 0 heterocycles. The normalized spacial score (nSPS) is 24.6. The predicted octanol–water partition coefficient (Wildman–Crippen LogP) is 5.11. The van der Waals surface area contributed by atoms with E-state index in [9.17, 15) is 31.4 Å². The van der Waals surface area contributed by atoms with Gasteiger partial charge in [0.05, 0.1) is 0 Å². The van der Waals surface area contributed by atoms with E-state index in [1.165, 1.54) is 0 Å². The van der Waals surface area contributed by atoms with Gasteiger partial charge in [0.25, 0.3) is 5.60 Å². The standard InChI is InChI=1S/C20H25F6NO/c21-19(22,23)18(28,20(24,25)26)15-6-8-16(9-7-15)27(17-10-11-17)13-12-14-4-2-1-3-5-14/h1-5,15-17,28H,6-13H2. The molecule has 1 aromatic carbocycles. The lowest BCUT2D eigenvalue weighted by Gasteiger charge is -2.44. The molecule has 158 valence electrons. The third kappa shape index (κ3) is 4.32. The molecule has 2 aliphatic rings. The fourth-order valence-corrected chi connectivity index (χ4v) is 4.42. The maximum atomic E-state index is 13.1. The monoisotopic (exact) mass is 409 g/mol. The van der Waals surface area contributed by atoms with Crippen LogP contribution in [0.5, 0.6) is 0 Å². The van der Waals surface area contributed by atoms with E-state index in [0.717, 1.165) is 31.4 Å². The van der Waals surface area contributed by atoms with Gasteiger partial charge in [-0.3, -0.25) is 4.90 Å². The summed E-state index contributed by atoms with van der Waals surface area (Å²) in [7, 11) is 0. The second-order valence-electron chi connectivity index (χ2n) is 7.97. The van der Waals surface area contributed by atoms with Crippen molar-refractivity contribution in [3.63, 3.8) is 0 Å². The van der Waals surface area contributed by atoms with E-state index in [0.29, 0.717) is 6.04 Å². The van der Waals surface area contributed by atoms with Gasteiger partial charge in [-0.05, 0) is 50.5 Å². The molecule has 0 unspecified atom stereocenters. The van der Waals surface area contributed by atoms with E-state index in [4.69, 9.17) is 0 Å². The average Bonchev–Trinajstić information content (AvgIpc) is 3.46. The molecule has 2 aliphatic carbocycles. The Bertz CT molecular complexity index is 618. The van der Waals surface area contributed by atoms with Crippen LogP contribution in [-0.4, -0.2) is 46.6 Å². The summed E-state index contributed by atoms with van der Waals surface area (Å²) in [6.07, 6.45) is -8.71. The van der Waals surface area contributed by atoms with Gasteiger partial charge in [0.1, 0.15) is 0 Å². The first kappa shape index (κ1) is 21.4. The van der Waals surface area contributed by atoms with Crippen LogP contribution in [0.25, 0.3) is 0 Å². The molecule has 0 saturated heterocycles. The summed E-state index contributed by atoms with van der Waals surface area (Å²) in [5.41, 5.74) is -3.47. The molecule has 1 N–H and O–H groups in total. The Balaban J connectivity index is 1.64. The highest BCUT2D eigenvalue weighted by atomic mass is 19.4. The van der Waals surface area contributed by atoms with Crippen molar-refractivity contribution in [3.05, 3.63) is 35.9 Å². The summed E-state index contributed by atoms with van der Waals surface area (Å²) in [4.78, 5) is 2.25. The average molecular weight is 409 g/mol. The molecule has 8 heteroatoms. The van der Waals surface area contributed by atoms with Gasteiger partial charge >= 0.3 is 12.4 Å². The van der Waals surface area contributed by atoms with Crippen LogP contribution < -0.4 is 0 Å². The van der Waals surface area contributed by atoms with Crippen molar-refractivity contribution in [2.75, 3.05) is 6.54 Å². The number of benzene rings is 1.